The van der Waals surface area contributed by atoms with Crippen molar-refractivity contribution in [2.24, 2.45) is 0 Å². The molecule has 1 amide bonds. The van der Waals surface area contributed by atoms with Crippen LogP contribution in [0.1, 0.15) is 40.4 Å². The van der Waals surface area contributed by atoms with Crippen LogP contribution >= 0.6 is 22.6 Å². The number of likely N-dealkylation sites (tertiary alicyclic amines) is 1. The maximum atomic E-state index is 12.9. The van der Waals surface area contributed by atoms with E-state index < -0.39 is 0 Å². The number of carbonyl (C=O) groups excluding carboxylic acids is 1. The van der Waals surface area contributed by atoms with E-state index in [1.807, 2.05) is 42.2 Å². The van der Waals surface area contributed by atoms with Gasteiger partial charge < -0.3 is 4.90 Å². The van der Waals surface area contributed by atoms with Crippen LogP contribution in [0.15, 0.2) is 42.7 Å². The Morgan fingerprint density at radius 1 is 1.29 bits per heavy atom. The number of hydrogen-bond donors (Lipinski definition) is 0. The van der Waals surface area contributed by atoms with E-state index in [0.29, 0.717) is 0 Å². The lowest BCUT2D eigenvalue weighted by atomic mass is 10.0. The highest BCUT2D eigenvalue weighted by atomic mass is 127. The van der Waals surface area contributed by atoms with Gasteiger partial charge in [0.25, 0.3) is 5.91 Å². The number of amides is 1. The monoisotopic (exact) mass is 392 g/mol. The number of pyridine rings is 1. The highest BCUT2D eigenvalue weighted by Gasteiger charge is 2.31. The summed E-state index contributed by atoms with van der Waals surface area (Å²) in [6.45, 7) is 2.87. The summed E-state index contributed by atoms with van der Waals surface area (Å²) in [7, 11) is 0. The molecule has 0 spiro atoms. The molecular formula is C17H17IN2O. The van der Waals surface area contributed by atoms with Gasteiger partial charge in [-0.15, -0.1) is 0 Å². The van der Waals surface area contributed by atoms with E-state index >= 15 is 0 Å². The SMILES string of the molecule is Cc1cccc(C(=O)N2CCCC2c2ccncc2)c1I. The first-order chi connectivity index (χ1) is 10.2. The van der Waals surface area contributed by atoms with Gasteiger partial charge in [0.15, 0.2) is 0 Å². The molecule has 1 aromatic carbocycles. The molecule has 2 aromatic rings. The van der Waals surface area contributed by atoms with Gasteiger partial charge in [0.2, 0.25) is 0 Å². The number of rotatable bonds is 2. The number of aromatic nitrogens is 1. The summed E-state index contributed by atoms with van der Waals surface area (Å²) in [4.78, 5) is 19.0. The molecule has 0 N–H and O–H groups in total. The van der Waals surface area contributed by atoms with Crippen molar-refractivity contribution in [2.75, 3.05) is 6.54 Å². The van der Waals surface area contributed by atoms with Gasteiger partial charge in [-0.25, -0.2) is 0 Å². The third kappa shape index (κ3) is 2.81. The van der Waals surface area contributed by atoms with Crippen molar-refractivity contribution in [3.63, 3.8) is 0 Å². The molecule has 21 heavy (non-hydrogen) atoms. The van der Waals surface area contributed by atoms with Crippen molar-refractivity contribution in [2.45, 2.75) is 25.8 Å². The standard InChI is InChI=1S/C17H17IN2O/c1-12-4-2-5-14(16(12)18)17(21)20-11-3-6-15(20)13-7-9-19-10-8-13/h2,4-5,7-10,15H,3,6,11H2,1H3. The molecule has 108 valence electrons. The Labute approximate surface area is 138 Å². The van der Waals surface area contributed by atoms with Gasteiger partial charge >= 0.3 is 0 Å². The van der Waals surface area contributed by atoms with Gasteiger partial charge in [-0.05, 0) is 71.7 Å². The fourth-order valence-corrected chi connectivity index (χ4v) is 3.50. The lowest BCUT2D eigenvalue weighted by Crippen LogP contribution is -2.31. The van der Waals surface area contributed by atoms with E-state index in [9.17, 15) is 4.79 Å². The second-order valence-electron chi connectivity index (χ2n) is 5.37. The molecule has 1 unspecified atom stereocenters. The van der Waals surface area contributed by atoms with Gasteiger partial charge in [0.05, 0.1) is 11.6 Å². The molecule has 1 aromatic heterocycles. The summed E-state index contributed by atoms with van der Waals surface area (Å²) < 4.78 is 1.06. The third-order valence-electron chi connectivity index (χ3n) is 4.03. The van der Waals surface area contributed by atoms with Crippen LogP contribution in [-0.4, -0.2) is 22.3 Å². The summed E-state index contributed by atoms with van der Waals surface area (Å²) in [5.74, 6) is 0.141. The third-order valence-corrected chi connectivity index (χ3v) is 5.46. The van der Waals surface area contributed by atoms with Crippen LogP contribution in [0, 0.1) is 10.5 Å². The smallest absolute Gasteiger partial charge is 0.255 e. The fourth-order valence-electron chi connectivity index (χ4n) is 2.91. The molecule has 1 atom stereocenters. The van der Waals surface area contributed by atoms with Crippen LogP contribution in [0.2, 0.25) is 0 Å². The van der Waals surface area contributed by atoms with Crippen LogP contribution in [-0.2, 0) is 0 Å². The zero-order chi connectivity index (χ0) is 14.8. The largest absolute Gasteiger partial charge is 0.332 e. The lowest BCUT2D eigenvalue weighted by molar-refractivity contribution is 0.0734. The Bertz CT molecular complexity index is 657. The van der Waals surface area contributed by atoms with E-state index in [0.717, 1.165) is 34.1 Å². The number of benzene rings is 1. The van der Waals surface area contributed by atoms with Crippen molar-refractivity contribution < 1.29 is 4.79 Å². The predicted octanol–water partition coefficient (Wildman–Crippen LogP) is 3.97. The molecule has 1 aliphatic rings. The minimum Gasteiger partial charge on any atom is -0.332 e. The maximum absolute atomic E-state index is 12.9. The lowest BCUT2D eigenvalue weighted by Gasteiger charge is -2.25. The highest BCUT2D eigenvalue weighted by molar-refractivity contribution is 14.1. The van der Waals surface area contributed by atoms with Gasteiger partial charge in [0, 0.05) is 22.5 Å². The topological polar surface area (TPSA) is 33.2 Å². The number of carbonyl (C=O) groups is 1. The first-order valence-corrected chi connectivity index (χ1v) is 8.22. The van der Waals surface area contributed by atoms with Gasteiger partial charge in [-0.3, -0.25) is 9.78 Å². The van der Waals surface area contributed by atoms with E-state index in [2.05, 4.69) is 27.6 Å². The fraction of sp³-hybridized carbons (Fsp3) is 0.294. The minimum absolute atomic E-state index is 0.141. The molecule has 3 nitrogen and oxygen atoms in total. The summed E-state index contributed by atoms with van der Waals surface area (Å²) in [6, 6.07) is 10.1. The first-order valence-electron chi connectivity index (χ1n) is 7.14. The Balaban J connectivity index is 1.92. The average molecular weight is 392 g/mol. The average Bonchev–Trinajstić information content (AvgIpc) is 3.00. The summed E-state index contributed by atoms with van der Waals surface area (Å²) in [6.07, 6.45) is 5.68. The summed E-state index contributed by atoms with van der Waals surface area (Å²) in [5.41, 5.74) is 3.15. The second kappa shape index (κ2) is 6.13. The Kier molecular flexibility index (Phi) is 4.24. The number of nitrogens with zero attached hydrogens (tertiary/aromatic N) is 2. The normalized spacial score (nSPS) is 18.0. The number of hydrogen-bond acceptors (Lipinski definition) is 2. The first kappa shape index (κ1) is 14.5. The zero-order valence-electron chi connectivity index (χ0n) is 11.9. The maximum Gasteiger partial charge on any atom is 0.255 e. The molecule has 0 saturated carbocycles. The van der Waals surface area contributed by atoms with Crippen LogP contribution in [0.5, 0.6) is 0 Å². The molecule has 1 aliphatic heterocycles. The molecule has 3 rings (SSSR count). The molecule has 1 saturated heterocycles. The molecule has 0 radical (unpaired) electrons. The van der Waals surface area contributed by atoms with E-state index in [1.165, 1.54) is 5.56 Å². The van der Waals surface area contributed by atoms with Crippen LogP contribution in [0.25, 0.3) is 0 Å². The van der Waals surface area contributed by atoms with Crippen molar-refractivity contribution in [1.82, 2.24) is 9.88 Å². The molecule has 0 aliphatic carbocycles. The Morgan fingerprint density at radius 2 is 2.05 bits per heavy atom. The van der Waals surface area contributed by atoms with Crippen molar-refractivity contribution >= 4 is 28.5 Å². The highest BCUT2D eigenvalue weighted by Crippen LogP contribution is 2.33. The van der Waals surface area contributed by atoms with Gasteiger partial charge in [-0.1, -0.05) is 12.1 Å². The summed E-state index contributed by atoms with van der Waals surface area (Å²) in [5, 5.41) is 0. The van der Waals surface area contributed by atoms with Crippen molar-refractivity contribution in [3.05, 3.63) is 63.0 Å². The van der Waals surface area contributed by atoms with Crippen LogP contribution in [0.4, 0.5) is 0 Å². The summed E-state index contributed by atoms with van der Waals surface area (Å²) >= 11 is 2.27. The Morgan fingerprint density at radius 3 is 2.81 bits per heavy atom. The molecule has 0 bridgehead atoms. The molecule has 4 heteroatoms. The zero-order valence-corrected chi connectivity index (χ0v) is 14.1. The quantitative estimate of drug-likeness (QED) is 0.725. The number of halogens is 1. The minimum atomic E-state index is 0.141. The van der Waals surface area contributed by atoms with Gasteiger partial charge in [0.1, 0.15) is 0 Å². The van der Waals surface area contributed by atoms with E-state index in [4.69, 9.17) is 0 Å². The van der Waals surface area contributed by atoms with E-state index in [-0.39, 0.29) is 11.9 Å². The second-order valence-corrected chi connectivity index (χ2v) is 6.45. The van der Waals surface area contributed by atoms with Crippen molar-refractivity contribution in [1.29, 1.82) is 0 Å². The molecule has 2 heterocycles. The Hall–Kier alpha value is -1.43. The number of aryl methyl sites for hydroxylation is 1. The van der Waals surface area contributed by atoms with Gasteiger partial charge in [-0.2, -0.15) is 0 Å². The predicted molar refractivity (Wildman–Crippen MR) is 91.1 cm³/mol. The van der Waals surface area contributed by atoms with Crippen LogP contribution < -0.4 is 0 Å². The van der Waals surface area contributed by atoms with E-state index in [1.54, 1.807) is 12.4 Å². The molecular weight excluding hydrogens is 375 g/mol. The van der Waals surface area contributed by atoms with Crippen LogP contribution in [0.3, 0.4) is 0 Å². The van der Waals surface area contributed by atoms with Crippen molar-refractivity contribution in [3.8, 4) is 0 Å². The molecule has 1 fully saturated rings.